The standard InChI is InChI=1S/C42H68N6O18S2/c1-23(49)47-31-27(51)19-41(39(59)61-3,65-35(31)33(55)29(53)21-43)63-13-5-15-67-17-11-45-37(57)25-7-9-26(10-8-25)38(58)46-12-18-68-16-6-14-64-42(40(60)62-4)20-28(52)32(48-24(2)50)36(66-42)34(56)30(54)22-44/h7-10,27-36,51-56H,5-6,11-22,43-44H2,1-4H3,(H,45,57)(H,46,58)(H,47,49)(H,48,50)/t27-,28?,29+,30+,31+,32+,33+,34+,35?,36?,41+,42?/m0/s1. The van der Waals surface area contributed by atoms with Gasteiger partial charge in [0.05, 0.1) is 63.9 Å². The molecule has 0 bridgehead atoms. The second-order valence-corrected chi connectivity index (χ2v) is 18.4. The summed E-state index contributed by atoms with van der Waals surface area (Å²) in [6.45, 7) is 2.23. The molecule has 4 unspecified atom stereocenters. The van der Waals surface area contributed by atoms with E-state index in [9.17, 15) is 59.4 Å². The van der Waals surface area contributed by atoms with E-state index in [1.54, 1.807) is 0 Å². The summed E-state index contributed by atoms with van der Waals surface area (Å²) < 4.78 is 33.1. The van der Waals surface area contributed by atoms with E-state index >= 15 is 0 Å². The van der Waals surface area contributed by atoms with Crippen LogP contribution in [0.2, 0.25) is 0 Å². The molecule has 1 aromatic rings. The molecule has 24 nitrogen and oxygen atoms in total. The first-order valence-corrected chi connectivity index (χ1v) is 24.3. The van der Waals surface area contributed by atoms with Crippen LogP contribution in [0.25, 0.3) is 0 Å². The number of aliphatic hydroxyl groups excluding tert-OH is 6. The van der Waals surface area contributed by atoms with Crippen molar-refractivity contribution in [3.8, 4) is 0 Å². The fraction of sp³-hybridized carbons (Fsp3) is 0.714. The van der Waals surface area contributed by atoms with Gasteiger partial charge < -0.3 is 91.8 Å². The highest BCUT2D eigenvalue weighted by molar-refractivity contribution is 7.99. The molecule has 0 radical (unpaired) electrons. The Morgan fingerprint density at radius 2 is 1.01 bits per heavy atom. The highest BCUT2D eigenvalue weighted by Gasteiger charge is 2.57. The number of hydrogen-bond acceptors (Lipinski definition) is 22. The molecule has 386 valence electrons. The molecule has 0 aromatic heterocycles. The van der Waals surface area contributed by atoms with Gasteiger partial charge in [-0.3, -0.25) is 19.2 Å². The smallest absolute Gasteiger partial charge is 0.366 e. The van der Waals surface area contributed by atoms with Gasteiger partial charge in [-0.2, -0.15) is 23.5 Å². The number of rotatable bonds is 28. The van der Waals surface area contributed by atoms with Crippen molar-refractivity contribution in [2.45, 2.75) is 112 Å². The Bertz CT molecular complexity index is 1670. The van der Waals surface area contributed by atoms with Crippen molar-refractivity contribution >= 4 is 59.1 Å². The van der Waals surface area contributed by atoms with Gasteiger partial charge in [0.25, 0.3) is 23.4 Å². The molecule has 2 aliphatic heterocycles. The number of carbonyl (C=O) groups is 6. The van der Waals surface area contributed by atoms with Crippen LogP contribution in [0.5, 0.6) is 0 Å². The number of ether oxygens (including phenoxy) is 6. The van der Waals surface area contributed by atoms with E-state index in [1.807, 2.05) is 0 Å². The fourth-order valence-electron chi connectivity index (χ4n) is 7.36. The van der Waals surface area contributed by atoms with Crippen LogP contribution in [0.1, 0.15) is 60.2 Å². The number of esters is 2. The maximum atomic E-state index is 12.9. The van der Waals surface area contributed by atoms with Gasteiger partial charge in [-0.25, -0.2) is 9.59 Å². The SMILES string of the molecule is COC(=O)C1(OCCCSCCNC(=O)c2ccc(C(=O)NCCSCCCO[C@]3(C(=O)OC)C[C@H](O)[C@@H](NC(C)=O)C([C@H](O)[C@H](O)CN)O3)cc2)CC(O)[C@@H](NC(C)=O)C([C@H](O)[C@H](O)CN)O1. The quantitative estimate of drug-likeness (QED) is 0.0280. The zero-order valence-corrected chi connectivity index (χ0v) is 40.2. The molecular weight excluding hydrogens is 941 g/mol. The summed E-state index contributed by atoms with van der Waals surface area (Å²) in [4.78, 5) is 74.9. The third kappa shape index (κ3) is 16.7. The molecule has 0 aliphatic carbocycles. The highest BCUT2D eigenvalue weighted by Crippen LogP contribution is 2.36. The normalized spacial score (nSPS) is 26.6. The topological polar surface area (TPSA) is 379 Å². The van der Waals surface area contributed by atoms with Crippen molar-refractivity contribution in [1.82, 2.24) is 21.3 Å². The Morgan fingerprint density at radius 3 is 1.32 bits per heavy atom. The fourth-order valence-corrected chi connectivity index (χ4v) is 8.91. The summed E-state index contributed by atoms with van der Waals surface area (Å²) in [5.74, 6) is -5.90. The van der Waals surface area contributed by atoms with Crippen LogP contribution < -0.4 is 32.7 Å². The van der Waals surface area contributed by atoms with Crippen LogP contribution in [0.3, 0.4) is 0 Å². The summed E-state index contributed by atoms with van der Waals surface area (Å²) in [5.41, 5.74) is 11.7. The predicted molar refractivity (Wildman–Crippen MR) is 245 cm³/mol. The zero-order valence-electron chi connectivity index (χ0n) is 38.5. The number of thioether (sulfide) groups is 2. The molecule has 68 heavy (non-hydrogen) atoms. The second-order valence-electron chi connectivity index (χ2n) is 16.0. The van der Waals surface area contributed by atoms with Crippen molar-refractivity contribution in [2.24, 2.45) is 11.5 Å². The van der Waals surface area contributed by atoms with Crippen molar-refractivity contribution in [2.75, 3.05) is 76.6 Å². The first-order chi connectivity index (χ1) is 32.3. The summed E-state index contributed by atoms with van der Waals surface area (Å²) >= 11 is 2.97. The first-order valence-electron chi connectivity index (χ1n) is 21.9. The minimum Gasteiger partial charge on any atom is -0.465 e. The average Bonchev–Trinajstić information content (AvgIpc) is 3.32. The maximum absolute atomic E-state index is 12.9. The third-order valence-electron chi connectivity index (χ3n) is 10.8. The van der Waals surface area contributed by atoms with E-state index in [0.29, 0.717) is 60.1 Å². The lowest BCUT2D eigenvalue weighted by Gasteiger charge is -2.47. The number of methoxy groups -OCH3 is 2. The Balaban J connectivity index is 1.36. The van der Waals surface area contributed by atoms with Crippen LogP contribution in [-0.2, 0) is 47.6 Å². The van der Waals surface area contributed by atoms with Gasteiger partial charge in [-0.1, -0.05) is 0 Å². The predicted octanol–water partition coefficient (Wildman–Crippen LogP) is -4.17. The third-order valence-corrected chi connectivity index (χ3v) is 13.0. The number of nitrogens with two attached hydrogens (primary N) is 2. The number of hydrogen-bond donors (Lipinski definition) is 12. The molecule has 0 spiro atoms. The van der Waals surface area contributed by atoms with E-state index in [0.717, 1.165) is 14.2 Å². The molecule has 2 aliphatic rings. The van der Waals surface area contributed by atoms with Gasteiger partial charge in [0.2, 0.25) is 11.8 Å². The largest absolute Gasteiger partial charge is 0.465 e. The molecule has 3 rings (SSSR count). The summed E-state index contributed by atoms with van der Waals surface area (Å²) in [6.07, 6.45) is -12.3. The molecular formula is C42H68N6O18S2. The average molecular weight is 1010 g/mol. The number of amides is 4. The maximum Gasteiger partial charge on any atom is 0.366 e. The molecule has 12 atom stereocenters. The number of carbonyl (C=O) groups excluding carboxylic acids is 6. The highest BCUT2D eigenvalue weighted by atomic mass is 32.2. The molecule has 1 aromatic carbocycles. The lowest BCUT2D eigenvalue weighted by Crippen LogP contribution is -2.68. The summed E-state index contributed by atoms with van der Waals surface area (Å²) in [7, 11) is 2.19. The van der Waals surface area contributed by atoms with E-state index in [4.69, 9.17) is 39.9 Å². The Hall–Kier alpha value is -3.74. The van der Waals surface area contributed by atoms with Gasteiger partial charge in [-0.05, 0) is 48.6 Å². The van der Waals surface area contributed by atoms with Gasteiger partial charge in [0.15, 0.2) is 0 Å². The van der Waals surface area contributed by atoms with E-state index in [1.165, 1.54) is 61.6 Å². The molecule has 0 saturated carbocycles. The summed E-state index contributed by atoms with van der Waals surface area (Å²) in [5, 5.41) is 74.2. The van der Waals surface area contributed by atoms with Crippen LogP contribution >= 0.6 is 23.5 Å². The minimum atomic E-state index is -2.14. The number of benzene rings is 1. The molecule has 4 amide bonds. The van der Waals surface area contributed by atoms with Crippen molar-refractivity contribution in [3.63, 3.8) is 0 Å². The van der Waals surface area contributed by atoms with E-state index < -0.39 is 109 Å². The zero-order chi connectivity index (χ0) is 50.6. The number of aliphatic hydroxyl groups is 6. The van der Waals surface area contributed by atoms with Crippen LogP contribution in [-0.4, -0.2) is 215 Å². The Morgan fingerprint density at radius 1 is 0.662 bits per heavy atom. The number of nitrogens with one attached hydrogen (secondary N) is 4. The molecule has 14 N–H and O–H groups in total. The molecule has 2 heterocycles. The van der Waals surface area contributed by atoms with Crippen LogP contribution in [0.4, 0.5) is 0 Å². The van der Waals surface area contributed by atoms with E-state index in [2.05, 4.69) is 21.3 Å². The van der Waals surface area contributed by atoms with E-state index in [-0.39, 0.29) is 38.1 Å². The lowest BCUT2D eigenvalue weighted by atomic mass is 9.88. The molecule has 26 heteroatoms. The van der Waals surface area contributed by atoms with Gasteiger partial charge in [-0.15, -0.1) is 0 Å². The second kappa shape index (κ2) is 28.8. The monoisotopic (exact) mass is 1010 g/mol. The molecule has 2 fully saturated rings. The van der Waals surface area contributed by atoms with Crippen molar-refractivity contribution in [1.29, 1.82) is 0 Å². The van der Waals surface area contributed by atoms with Gasteiger partial charge >= 0.3 is 11.9 Å². The van der Waals surface area contributed by atoms with Gasteiger partial charge in [0, 0.05) is 75.5 Å². The van der Waals surface area contributed by atoms with Crippen molar-refractivity contribution in [3.05, 3.63) is 35.4 Å². The molecule has 2 saturated heterocycles. The Labute approximate surface area is 402 Å². The Kier molecular flexibility index (Phi) is 24.8. The van der Waals surface area contributed by atoms with Crippen LogP contribution in [0, 0.1) is 0 Å². The summed E-state index contributed by atoms with van der Waals surface area (Å²) in [6, 6.07) is 3.74. The van der Waals surface area contributed by atoms with Crippen molar-refractivity contribution < 1.29 is 87.8 Å². The van der Waals surface area contributed by atoms with Crippen LogP contribution in [0.15, 0.2) is 24.3 Å². The first kappa shape index (κ1) is 58.6. The lowest BCUT2D eigenvalue weighted by molar-refractivity contribution is -0.311. The van der Waals surface area contributed by atoms with Gasteiger partial charge in [0.1, 0.15) is 24.4 Å². The minimum absolute atomic E-state index is 0.0323.